The van der Waals surface area contributed by atoms with Crippen LogP contribution in [0.2, 0.25) is 0 Å². The van der Waals surface area contributed by atoms with E-state index in [2.05, 4.69) is 36.5 Å². The quantitative estimate of drug-likeness (QED) is 0.663. The number of carbonyl (C=O) groups is 2. The first-order chi connectivity index (χ1) is 13.7. The molecular formula is C24H24N2O2. The molecule has 1 aliphatic rings. The Morgan fingerprint density at radius 3 is 2.39 bits per heavy atom. The van der Waals surface area contributed by atoms with Crippen molar-refractivity contribution in [2.24, 2.45) is 0 Å². The molecule has 1 N–H and O–H groups in total. The summed E-state index contributed by atoms with van der Waals surface area (Å²) in [5, 5.41) is 3.05. The molecule has 2 heterocycles. The Bertz CT molecular complexity index is 987. The molecule has 0 aliphatic carbocycles. The molecule has 28 heavy (non-hydrogen) atoms. The van der Waals surface area contributed by atoms with Crippen LogP contribution in [0, 0.1) is 0 Å². The zero-order valence-corrected chi connectivity index (χ0v) is 16.0. The summed E-state index contributed by atoms with van der Waals surface area (Å²) in [7, 11) is 0. The van der Waals surface area contributed by atoms with E-state index >= 15 is 0 Å². The number of nitrogens with one attached hydrogen (secondary N) is 1. The summed E-state index contributed by atoms with van der Waals surface area (Å²) in [6.07, 6.45) is 1.74. The van der Waals surface area contributed by atoms with Crippen molar-refractivity contribution in [2.45, 2.75) is 38.8 Å². The van der Waals surface area contributed by atoms with E-state index < -0.39 is 0 Å². The van der Waals surface area contributed by atoms with Crippen molar-refractivity contribution in [1.82, 2.24) is 9.88 Å². The van der Waals surface area contributed by atoms with Crippen molar-refractivity contribution in [3.8, 4) is 0 Å². The number of ketones is 1. The maximum Gasteiger partial charge on any atom is 0.229 e. The minimum atomic E-state index is -0.202. The number of nitrogens with zero attached hydrogens (tertiary/aromatic N) is 1. The van der Waals surface area contributed by atoms with Crippen molar-refractivity contribution in [3.63, 3.8) is 0 Å². The highest BCUT2D eigenvalue weighted by atomic mass is 16.2. The first kappa shape index (κ1) is 18.2. The Hall–Kier alpha value is -3.14. The standard InChI is InChI=1S/C24H24N2O2/c1-2-17-8-10-18(11-9-17)16-25-24(28)20-14-15-26-21(20)12-13-22(26)23(27)19-6-4-3-5-7-19/h3-13,20H,2,14-16H2,1H3,(H,25,28)/t20-/m1/s1. The Kier molecular flexibility index (Phi) is 5.11. The fraction of sp³-hybridized carbons (Fsp3) is 0.250. The van der Waals surface area contributed by atoms with Crippen LogP contribution in [0.25, 0.3) is 0 Å². The molecule has 1 aromatic heterocycles. The molecule has 0 bridgehead atoms. The van der Waals surface area contributed by atoms with Crippen LogP contribution in [0.3, 0.4) is 0 Å². The van der Waals surface area contributed by atoms with Crippen LogP contribution in [0.15, 0.2) is 66.7 Å². The predicted molar refractivity (Wildman–Crippen MR) is 109 cm³/mol. The van der Waals surface area contributed by atoms with E-state index in [1.54, 1.807) is 0 Å². The summed E-state index contributed by atoms with van der Waals surface area (Å²) in [4.78, 5) is 25.5. The molecule has 4 rings (SSSR count). The number of amides is 1. The van der Waals surface area contributed by atoms with Gasteiger partial charge in [0.25, 0.3) is 0 Å². The molecule has 4 heteroatoms. The van der Waals surface area contributed by atoms with Crippen molar-refractivity contribution in [1.29, 1.82) is 0 Å². The largest absolute Gasteiger partial charge is 0.351 e. The fourth-order valence-electron chi connectivity index (χ4n) is 3.85. The van der Waals surface area contributed by atoms with E-state index in [0.717, 1.165) is 24.1 Å². The maximum absolute atomic E-state index is 12.8. The molecule has 0 fully saturated rings. The van der Waals surface area contributed by atoms with Gasteiger partial charge in [-0.1, -0.05) is 61.5 Å². The summed E-state index contributed by atoms with van der Waals surface area (Å²) in [5.74, 6) is -0.175. The van der Waals surface area contributed by atoms with Gasteiger partial charge in [-0.05, 0) is 36.1 Å². The van der Waals surface area contributed by atoms with Crippen LogP contribution < -0.4 is 5.32 Å². The molecule has 4 nitrogen and oxygen atoms in total. The normalized spacial score (nSPS) is 15.2. The Labute approximate surface area is 165 Å². The van der Waals surface area contributed by atoms with Crippen molar-refractivity contribution in [3.05, 3.63) is 94.8 Å². The smallest absolute Gasteiger partial charge is 0.229 e. The lowest BCUT2D eigenvalue weighted by Gasteiger charge is -2.11. The second-order valence-electron chi connectivity index (χ2n) is 7.22. The Morgan fingerprint density at radius 2 is 1.68 bits per heavy atom. The van der Waals surface area contributed by atoms with E-state index in [1.807, 2.05) is 47.0 Å². The third-order valence-electron chi connectivity index (χ3n) is 5.50. The van der Waals surface area contributed by atoms with Gasteiger partial charge < -0.3 is 9.88 Å². The summed E-state index contributed by atoms with van der Waals surface area (Å²) in [6.45, 7) is 3.35. The summed E-state index contributed by atoms with van der Waals surface area (Å²) >= 11 is 0. The molecule has 0 saturated carbocycles. The zero-order chi connectivity index (χ0) is 19.5. The van der Waals surface area contributed by atoms with Gasteiger partial charge in [0.2, 0.25) is 11.7 Å². The van der Waals surface area contributed by atoms with Crippen molar-refractivity contribution >= 4 is 11.7 Å². The fourth-order valence-corrected chi connectivity index (χ4v) is 3.85. The third kappa shape index (κ3) is 3.50. The molecule has 3 aromatic rings. The zero-order valence-electron chi connectivity index (χ0n) is 16.0. The van der Waals surface area contributed by atoms with E-state index in [-0.39, 0.29) is 17.6 Å². The molecule has 0 unspecified atom stereocenters. The molecular weight excluding hydrogens is 348 g/mol. The van der Waals surface area contributed by atoms with Gasteiger partial charge in [-0.25, -0.2) is 0 Å². The summed E-state index contributed by atoms with van der Waals surface area (Å²) < 4.78 is 2.00. The molecule has 0 spiro atoms. The number of aromatic nitrogens is 1. The summed E-state index contributed by atoms with van der Waals surface area (Å²) in [5.41, 5.74) is 4.65. The summed E-state index contributed by atoms with van der Waals surface area (Å²) in [6, 6.07) is 21.4. The third-order valence-corrected chi connectivity index (χ3v) is 5.50. The van der Waals surface area contributed by atoms with Crippen molar-refractivity contribution < 1.29 is 9.59 Å². The van der Waals surface area contributed by atoms with Gasteiger partial charge in [0.1, 0.15) is 0 Å². The monoisotopic (exact) mass is 372 g/mol. The highest BCUT2D eigenvalue weighted by Gasteiger charge is 2.31. The number of rotatable bonds is 6. The number of aryl methyl sites for hydroxylation is 1. The predicted octanol–water partition coefficient (Wildman–Crippen LogP) is 4.09. The van der Waals surface area contributed by atoms with Gasteiger partial charge in [0.05, 0.1) is 11.6 Å². The van der Waals surface area contributed by atoms with E-state index in [9.17, 15) is 9.59 Å². The van der Waals surface area contributed by atoms with Gasteiger partial charge in [-0.2, -0.15) is 0 Å². The highest BCUT2D eigenvalue weighted by Crippen LogP contribution is 2.31. The van der Waals surface area contributed by atoms with E-state index in [4.69, 9.17) is 0 Å². The number of carbonyl (C=O) groups excluding carboxylic acids is 2. The second-order valence-corrected chi connectivity index (χ2v) is 7.22. The van der Waals surface area contributed by atoms with Crippen LogP contribution in [-0.2, 0) is 24.3 Å². The Morgan fingerprint density at radius 1 is 0.964 bits per heavy atom. The van der Waals surface area contributed by atoms with E-state index in [1.165, 1.54) is 5.56 Å². The maximum atomic E-state index is 12.8. The lowest BCUT2D eigenvalue weighted by Crippen LogP contribution is -2.27. The lowest BCUT2D eigenvalue weighted by molar-refractivity contribution is -0.122. The van der Waals surface area contributed by atoms with Crippen LogP contribution in [0.4, 0.5) is 0 Å². The lowest BCUT2D eigenvalue weighted by atomic mass is 10.0. The van der Waals surface area contributed by atoms with Crippen LogP contribution in [-0.4, -0.2) is 16.3 Å². The van der Waals surface area contributed by atoms with Gasteiger partial charge in [-0.15, -0.1) is 0 Å². The second kappa shape index (κ2) is 7.85. The minimum absolute atomic E-state index is 0.00363. The van der Waals surface area contributed by atoms with E-state index in [0.29, 0.717) is 24.3 Å². The Balaban J connectivity index is 1.45. The topological polar surface area (TPSA) is 51.1 Å². The van der Waals surface area contributed by atoms with Crippen LogP contribution >= 0.6 is 0 Å². The van der Waals surface area contributed by atoms with Gasteiger partial charge in [0, 0.05) is 24.3 Å². The van der Waals surface area contributed by atoms with Crippen LogP contribution in [0.5, 0.6) is 0 Å². The van der Waals surface area contributed by atoms with Gasteiger partial charge in [-0.3, -0.25) is 9.59 Å². The van der Waals surface area contributed by atoms with Gasteiger partial charge in [0.15, 0.2) is 0 Å². The molecule has 1 amide bonds. The molecule has 1 atom stereocenters. The number of benzene rings is 2. The van der Waals surface area contributed by atoms with Crippen LogP contribution in [0.1, 0.15) is 52.1 Å². The number of fused-ring (bicyclic) bond motifs is 1. The van der Waals surface area contributed by atoms with Gasteiger partial charge >= 0.3 is 0 Å². The SMILES string of the molecule is CCc1ccc(CNC(=O)[C@@H]2CCn3c(C(=O)c4ccccc4)ccc32)cc1. The molecule has 0 saturated heterocycles. The average molecular weight is 372 g/mol. The molecule has 0 radical (unpaired) electrons. The first-order valence-corrected chi connectivity index (χ1v) is 9.82. The van der Waals surface area contributed by atoms with Crippen molar-refractivity contribution in [2.75, 3.05) is 0 Å². The molecule has 2 aromatic carbocycles. The number of hydrogen-bond acceptors (Lipinski definition) is 2. The highest BCUT2D eigenvalue weighted by molar-refractivity contribution is 6.08. The number of hydrogen-bond donors (Lipinski definition) is 1. The first-order valence-electron chi connectivity index (χ1n) is 9.82. The minimum Gasteiger partial charge on any atom is -0.351 e. The molecule has 142 valence electrons. The average Bonchev–Trinajstić information content (AvgIpc) is 3.35. The molecule has 1 aliphatic heterocycles.